The van der Waals surface area contributed by atoms with Gasteiger partial charge in [-0.15, -0.1) is 0 Å². The van der Waals surface area contributed by atoms with E-state index in [1.165, 1.54) is 25.7 Å². The molecule has 0 N–H and O–H groups in total. The van der Waals surface area contributed by atoms with Crippen LogP contribution in [0.2, 0.25) is 0 Å². The summed E-state index contributed by atoms with van der Waals surface area (Å²) in [7, 11) is 2.05. The first kappa shape index (κ1) is 14.5. The third kappa shape index (κ3) is 5.53. The van der Waals surface area contributed by atoms with Gasteiger partial charge in [0.25, 0.3) is 0 Å². The molecule has 1 fully saturated rings. The second-order valence-corrected chi connectivity index (χ2v) is 5.41. The van der Waals surface area contributed by atoms with Gasteiger partial charge >= 0.3 is 5.97 Å². The average Bonchev–Trinajstić information content (AvgIpc) is 2.29. The Morgan fingerprint density at radius 3 is 2.82 bits per heavy atom. The molecule has 3 nitrogen and oxygen atoms in total. The number of unbranched alkanes of at least 4 members (excludes halogenated alkanes) is 1. The number of rotatable bonds is 6. The summed E-state index contributed by atoms with van der Waals surface area (Å²) in [5.41, 5.74) is 0. The minimum Gasteiger partial charge on any atom is -0.465 e. The summed E-state index contributed by atoms with van der Waals surface area (Å²) >= 11 is 0. The molecule has 3 heteroatoms. The zero-order valence-electron chi connectivity index (χ0n) is 11.6. The molecule has 0 aromatic rings. The highest BCUT2D eigenvalue weighted by molar-refractivity contribution is 5.71. The van der Waals surface area contributed by atoms with Crippen LogP contribution in [-0.4, -0.2) is 37.1 Å². The molecule has 2 unspecified atom stereocenters. The Labute approximate surface area is 106 Å². The lowest BCUT2D eigenvalue weighted by Gasteiger charge is -2.33. The van der Waals surface area contributed by atoms with E-state index in [2.05, 4.69) is 18.7 Å². The standard InChI is InChI=1S/C14H27NO2/c1-4-5-9-17-14(16)11-15(3)13-8-6-7-12(2)10-13/h12-13H,4-11H2,1-3H3. The molecule has 1 aliphatic rings. The number of carbonyl (C=O) groups is 1. The van der Waals surface area contributed by atoms with Gasteiger partial charge in [0.2, 0.25) is 0 Å². The molecule has 0 radical (unpaired) electrons. The van der Waals surface area contributed by atoms with Crippen LogP contribution in [0, 0.1) is 5.92 Å². The van der Waals surface area contributed by atoms with Crippen LogP contribution < -0.4 is 0 Å². The molecule has 1 aliphatic carbocycles. The molecule has 2 atom stereocenters. The number of nitrogens with zero attached hydrogens (tertiary/aromatic N) is 1. The third-order valence-corrected chi connectivity index (χ3v) is 3.67. The van der Waals surface area contributed by atoms with Gasteiger partial charge in [0.05, 0.1) is 13.2 Å². The molecule has 0 aromatic heterocycles. The van der Waals surface area contributed by atoms with Crippen LogP contribution in [-0.2, 0) is 9.53 Å². The quantitative estimate of drug-likeness (QED) is 0.529. The van der Waals surface area contributed by atoms with Crippen molar-refractivity contribution >= 4 is 5.97 Å². The summed E-state index contributed by atoms with van der Waals surface area (Å²) in [6.45, 7) is 5.42. The first-order valence-electron chi connectivity index (χ1n) is 6.99. The number of likely N-dealkylation sites (N-methyl/N-ethyl adjacent to an activating group) is 1. The first-order valence-corrected chi connectivity index (χ1v) is 6.99. The summed E-state index contributed by atoms with van der Waals surface area (Å²) in [5.74, 6) is 0.728. The maximum absolute atomic E-state index is 11.6. The average molecular weight is 241 g/mol. The number of hydrogen-bond donors (Lipinski definition) is 0. The SMILES string of the molecule is CCCCOC(=O)CN(C)C1CCCC(C)C1. The molecule has 0 bridgehead atoms. The van der Waals surface area contributed by atoms with Crippen molar-refractivity contribution in [2.75, 3.05) is 20.2 Å². The van der Waals surface area contributed by atoms with Gasteiger partial charge < -0.3 is 4.74 Å². The number of esters is 1. The summed E-state index contributed by atoms with van der Waals surface area (Å²) in [4.78, 5) is 13.8. The fourth-order valence-corrected chi connectivity index (χ4v) is 2.51. The van der Waals surface area contributed by atoms with Gasteiger partial charge in [0.1, 0.15) is 0 Å². The second-order valence-electron chi connectivity index (χ2n) is 5.41. The molecule has 0 aliphatic heterocycles. The molecule has 0 spiro atoms. The summed E-state index contributed by atoms with van der Waals surface area (Å²) in [6, 6.07) is 0.567. The molecule has 0 amide bonds. The monoisotopic (exact) mass is 241 g/mol. The van der Waals surface area contributed by atoms with Gasteiger partial charge in [0, 0.05) is 6.04 Å². The zero-order valence-corrected chi connectivity index (χ0v) is 11.6. The molecule has 0 heterocycles. The lowest BCUT2D eigenvalue weighted by atomic mass is 9.86. The van der Waals surface area contributed by atoms with Crippen LogP contribution in [0.3, 0.4) is 0 Å². The molecular weight excluding hydrogens is 214 g/mol. The minimum absolute atomic E-state index is 0.0702. The molecule has 1 saturated carbocycles. The molecule has 0 saturated heterocycles. The Kier molecular flexibility index (Phi) is 6.56. The normalized spacial score (nSPS) is 24.9. The van der Waals surface area contributed by atoms with Crippen LogP contribution in [0.4, 0.5) is 0 Å². The lowest BCUT2D eigenvalue weighted by Crippen LogP contribution is -2.39. The number of carbonyl (C=O) groups excluding carboxylic acids is 1. The summed E-state index contributed by atoms with van der Waals surface area (Å²) < 4.78 is 5.19. The van der Waals surface area contributed by atoms with Gasteiger partial charge in [-0.3, -0.25) is 9.69 Å². The van der Waals surface area contributed by atoms with E-state index in [1.54, 1.807) is 0 Å². The highest BCUT2D eigenvalue weighted by Gasteiger charge is 2.23. The summed E-state index contributed by atoms with van der Waals surface area (Å²) in [5, 5.41) is 0. The smallest absolute Gasteiger partial charge is 0.320 e. The van der Waals surface area contributed by atoms with Crippen molar-refractivity contribution in [2.24, 2.45) is 5.92 Å². The Bertz CT molecular complexity index is 230. The van der Waals surface area contributed by atoms with E-state index in [9.17, 15) is 4.79 Å². The fourth-order valence-electron chi connectivity index (χ4n) is 2.51. The van der Waals surface area contributed by atoms with Gasteiger partial charge in [0.15, 0.2) is 0 Å². The lowest BCUT2D eigenvalue weighted by molar-refractivity contribution is -0.145. The van der Waals surface area contributed by atoms with E-state index in [-0.39, 0.29) is 5.97 Å². The van der Waals surface area contributed by atoms with Crippen molar-refractivity contribution in [1.29, 1.82) is 0 Å². The van der Waals surface area contributed by atoms with Gasteiger partial charge in [-0.25, -0.2) is 0 Å². The number of ether oxygens (including phenoxy) is 1. The Morgan fingerprint density at radius 2 is 2.18 bits per heavy atom. The second kappa shape index (κ2) is 7.70. The topological polar surface area (TPSA) is 29.5 Å². The van der Waals surface area contributed by atoms with E-state index >= 15 is 0 Å². The predicted octanol–water partition coefficient (Wildman–Crippen LogP) is 2.84. The maximum atomic E-state index is 11.6. The molecule has 1 rings (SSSR count). The minimum atomic E-state index is -0.0702. The third-order valence-electron chi connectivity index (χ3n) is 3.67. The summed E-state index contributed by atoms with van der Waals surface area (Å²) in [6.07, 6.45) is 7.12. The van der Waals surface area contributed by atoms with Crippen LogP contribution in [0.5, 0.6) is 0 Å². The zero-order chi connectivity index (χ0) is 12.7. The van der Waals surface area contributed by atoms with Crippen LogP contribution in [0.1, 0.15) is 52.4 Å². The van der Waals surface area contributed by atoms with Crippen molar-refractivity contribution in [1.82, 2.24) is 4.90 Å². The largest absolute Gasteiger partial charge is 0.465 e. The highest BCUT2D eigenvalue weighted by atomic mass is 16.5. The van der Waals surface area contributed by atoms with Gasteiger partial charge in [-0.2, -0.15) is 0 Å². The molecule has 0 aromatic carbocycles. The Balaban J connectivity index is 2.22. The van der Waals surface area contributed by atoms with E-state index < -0.39 is 0 Å². The molecular formula is C14H27NO2. The Morgan fingerprint density at radius 1 is 1.41 bits per heavy atom. The molecule has 17 heavy (non-hydrogen) atoms. The van der Waals surface area contributed by atoms with Crippen molar-refractivity contribution < 1.29 is 9.53 Å². The first-order chi connectivity index (χ1) is 8.13. The van der Waals surface area contributed by atoms with Crippen molar-refractivity contribution in [3.63, 3.8) is 0 Å². The van der Waals surface area contributed by atoms with Crippen LogP contribution >= 0.6 is 0 Å². The van der Waals surface area contributed by atoms with Crippen molar-refractivity contribution in [3.8, 4) is 0 Å². The van der Waals surface area contributed by atoms with E-state index in [4.69, 9.17) is 4.74 Å². The van der Waals surface area contributed by atoms with E-state index in [0.717, 1.165) is 18.8 Å². The number of hydrogen-bond acceptors (Lipinski definition) is 3. The van der Waals surface area contributed by atoms with Crippen molar-refractivity contribution in [3.05, 3.63) is 0 Å². The maximum Gasteiger partial charge on any atom is 0.320 e. The molecule has 100 valence electrons. The predicted molar refractivity (Wildman–Crippen MR) is 69.9 cm³/mol. The highest BCUT2D eigenvalue weighted by Crippen LogP contribution is 2.26. The van der Waals surface area contributed by atoms with Crippen molar-refractivity contribution in [2.45, 2.75) is 58.4 Å². The fraction of sp³-hybridized carbons (Fsp3) is 0.929. The van der Waals surface area contributed by atoms with Crippen LogP contribution in [0.15, 0.2) is 0 Å². The van der Waals surface area contributed by atoms with Crippen LogP contribution in [0.25, 0.3) is 0 Å². The Hall–Kier alpha value is -0.570. The van der Waals surface area contributed by atoms with E-state index in [0.29, 0.717) is 19.2 Å². The van der Waals surface area contributed by atoms with E-state index in [1.807, 2.05) is 7.05 Å². The van der Waals surface area contributed by atoms with Gasteiger partial charge in [-0.1, -0.05) is 33.1 Å². The van der Waals surface area contributed by atoms with Gasteiger partial charge in [-0.05, 0) is 32.2 Å².